The predicted octanol–water partition coefficient (Wildman–Crippen LogP) is 3.34. The maximum atomic E-state index is 5.74. The third-order valence-corrected chi connectivity index (χ3v) is 4.07. The van der Waals surface area contributed by atoms with Gasteiger partial charge in [-0.1, -0.05) is 39.0 Å². The molecule has 0 radical (unpaired) electrons. The molecule has 1 aromatic rings. The Balaban J connectivity index is 2.20. The van der Waals surface area contributed by atoms with E-state index in [1.807, 2.05) is 0 Å². The molecule has 1 aromatic carbocycles. The van der Waals surface area contributed by atoms with Crippen molar-refractivity contribution in [1.82, 2.24) is 4.90 Å². The number of hydrogen-bond donors (Lipinski definition) is 0. The Kier molecular flexibility index (Phi) is 3.03. The largest absolute Gasteiger partial charge is 0.373 e. The second-order valence-corrected chi connectivity index (χ2v) is 6.84. The van der Waals surface area contributed by atoms with E-state index in [0.29, 0.717) is 0 Å². The molecule has 0 atom stereocenters. The van der Waals surface area contributed by atoms with E-state index in [0.717, 1.165) is 26.3 Å². The smallest absolute Gasteiger partial charge is 0.0727 e. The minimum absolute atomic E-state index is 0.192. The van der Waals surface area contributed by atoms with Crippen LogP contribution >= 0.6 is 0 Å². The van der Waals surface area contributed by atoms with Crippen LogP contribution in [0.15, 0.2) is 18.2 Å². The first-order valence-corrected chi connectivity index (χ1v) is 7.07. The zero-order valence-electron chi connectivity index (χ0n) is 12.4. The topological polar surface area (TPSA) is 12.5 Å². The summed E-state index contributed by atoms with van der Waals surface area (Å²) < 4.78 is 5.74. The molecule has 2 heterocycles. The van der Waals surface area contributed by atoms with Gasteiger partial charge < -0.3 is 4.74 Å². The molecule has 0 unspecified atom stereocenters. The van der Waals surface area contributed by atoms with Crippen LogP contribution in [-0.4, -0.2) is 25.1 Å². The van der Waals surface area contributed by atoms with Gasteiger partial charge in [-0.15, -0.1) is 0 Å². The molecule has 0 N–H and O–H groups in total. The van der Waals surface area contributed by atoms with Gasteiger partial charge in [0.05, 0.1) is 13.2 Å². The van der Waals surface area contributed by atoms with Crippen molar-refractivity contribution in [2.75, 3.05) is 20.2 Å². The van der Waals surface area contributed by atoms with E-state index in [-0.39, 0.29) is 5.41 Å². The lowest BCUT2D eigenvalue weighted by atomic mass is 9.81. The fourth-order valence-corrected chi connectivity index (χ4v) is 3.06. The van der Waals surface area contributed by atoms with E-state index in [1.54, 1.807) is 0 Å². The summed E-state index contributed by atoms with van der Waals surface area (Å²) in [5.41, 5.74) is 7.35. The Morgan fingerprint density at radius 2 is 1.84 bits per heavy atom. The van der Waals surface area contributed by atoms with E-state index < -0.39 is 0 Å². The van der Waals surface area contributed by atoms with Gasteiger partial charge in [0.2, 0.25) is 0 Å². The summed E-state index contributed by atoms with van der Waals surface area (Å²) in [6, 6.07) is 4.75. The molecule has 0 spiro atoms. The van der Waals surface area contributed by atoms with Gasteiger partial charge in [0.1, 0.15) is 0 Å². The van der Waals surface area contributed by atoms with Crippen molar-refractivity contribution in [2.45, 2.75) is 39.3 Å². The summed E-state index contributed by atoms with van der Waals surface area (Å²) >= 11 is 0. The Hall–Kier alpha value is -1.12. The lowest BCUT2D eigenvalue weighted by molar-refractivity contribution is 0.150. The highest BCUT2D eigenvalue weighted by Gasteiger charge is 2.25. The highest BCUT2D eigenvalue weighted by Crippen LogP contribution is 2.36. The predicted molar refractivity (Wildman–Crippen MR) is 79.1 cm³/mol. The minimum atomic E-state index is 0.192. The maximum Gasteiger partial charge on any atom is 0.0727 e. The van der Waals surface area contributed by atoms with Gasteiger partial charge in [-0.25, -0.2) is 0 Å². The van der Waals surface area contributed by atoms with Gasteiger partial charge in [0.15, 0.2) is 0 Å². The van der Waals surface area contributed by atoms with Crippen molar-refractivity contribution < 1.29 is 4.74 Å². The molecule has 0 fully saturated rings. The fraction of sp³-hybridized carbons (Fsp3) is 0.529. The van der Waals surface area contributed by atoms with Crippen molar-refractivity contribution in [1.29, 1.82) is 0 Å². The van der Waals surface area contributed by atoms with E-state index in [9.17, 15) is 0 Å². The summed E-state index contributed by atoms with van der Waals surface area (Å²) in [6.45, 7) is 10.4. The molecule has 0 saturated carbocycles. The third-order valence-electron chi connectivity index (χ3n) is 4.07. The molecule has 0 bridgehead atoms. The zero-order chi connectivity index (χ0) is 13.6. The van der Waals surface area contributed by atoms with Crippen LogP contribution in [0.5, 0.6) is 0 Å². The van der Waals surface area contributed by atoms with Crippen molar-refractivity contribution in [2.24, 2.45) is 0 Å². The number of nitrogens with zero attached hydrogens (tertiary/aromatic N) is 1. The SMILES string of the molecule is CN1CC2=CCOCc3cc(C(C)(C)C)cc(c32)C1. The second-order valence-electron chi connectivity index (χ2n) is 6.84. The van der Waals surface area contributed by atoms with E-state index in [2.05, 4.69) is 50.9 Å². The van der Waals surface area contributed by atoms with Gasteiger partial charge >= 0.3 is 0 Å². The van der Waals surface area contributed by atoms with Crippen molar-refractivity contribution >= 4 is 5.57 Å². The summed E-state index contributed by atoms with van der Waals surface area (Å²) in [5.74, 6) is 0. The molecule has 2 heteroatoms. The van der Waals surface area contributed by atoms with E-state index in [4.69, 9.17) is 4.74 Å². The van der Waals surface area contributed by atoms with Crippen LogP contribution in [0.25, 0.3) is 5.57 Å². The monoisotopic (exact) mass is 257 g/mol. The van der Waals surface area contributed by atoms with Gasteiger partial charge in [-0.2, -0.15) is 0 Å². The molecular weight excluding hydrogens is 234 g/mol. The molecular formula is C17H23NO. The summed E-state index contributed by atoms with van der Waals surface area (Å²) in [4.78, 5) is 2.38. The number of hydrogen-bond acceptors (Lipinski definition) is 2. The lowest BCUT2D eigenvalue weighted by Gasteiger charge is -2.31. The van der Waals surface area contributed by atoms with Gasteiger partial charge in [0, 0.05) is 13.1 Å². The molecule has 2 aliphatic rings. The molecule has 3 rings (SSSR count). The lowest BCUT2D eigenvalue weighted by Crippen LogP contribution is -2.27. The first-order chi connectivity index (χ1) is 8.95. The van der Waals surface area contributed by atoms with Crippen LogP contribution in [0.3, 0.4) is 0 Å². The highest BCUT2D eigenvalue weighted by molar-refractivity contribution is 5.74. The number of benzene rings is 1. The van der Waals surface area contributed by atoms with Gasteiger partial charge in [0.25, 0.3) is 0 Å². The average Bonchev–Trinajstić information content (AvgIpc) is 2.51. The highest BCUT2D eigenvalue weighted by atomic mass is 16.5. The Bertz CT molecular complexity index is 537. The van der Waals surface area contributed by atoms with Crippen LogP contribution in [0.2, 0.25) is 0 Å². The molecule has 0 saturated heterocycles. The van der Waals surface area contributed by atoms with Crippen molar-refractivity contribution in [3.05, 3.63) is 40.5 Å². The Morgan fingerprint density at radius 1 is 1.11 bits per heavy atom. The third kappa shape index (κ3) is 2.35. The molecule has 2 aliphatic heterocycles. The second kappa shape index (κ2) is 4.46. The summed E-state index contributed by atoms with van der Waals surface area (Å²) in [5, 5.41) is 0. The minimum Gasteiger partial charge on any atom is -0.373 e. The molecule has 102 valence electrons. The summed E-state index contributed by atoms with van der Waals surface area (Å²) in [6.07, 6.45) is 2.25. The Morgan fingerprint density at radius 3 is 2.58 bits per heavy atom. The van der Waals surface area contributed by atoms with Gasteiger partial charge in [-0.05, 0) is 40.3 Å². The normalized spacial score (nSPS) is 19.7. The van der Waals surface area contributed by atoms with Crippen LogP contribution in [0.4, 0.5) is 0 Å². The van der Waals surface area contributed by atoms with E-state index >= 15 is 0 Å². The van der Waals surface area contributed by atoms with Crippen LogP contribution in [0, 0.1) is 0 Å². The maximum absolute atomic E-state index is 5.74. The molecule has 0 aromatic heterocycles. The average molecular weight is 257 g/mol. The number of likely N-dealkylation sites (N-methyl/N-ethyl adjacent to an activating group) is 1. The number of rotatable bonds is 0. The Labute approximate surface area is 116 Å². The van der Waals surface area contributed by atoms with Crippen molar-refractivity contribution in [3.63, 3.8) is 0 Å². The molecule has 0 aliphatic carbocycles. The van der Waals surface area contributed by atoms with Crippen LogP contribution < -0.4 is 0 Å². The molecule has 0 amide bonds. The van der Waals surface area contributed by atoms with Gasteiger partial charge in [-0.3, -0.25) is 4.90 Å². The summed E-state index contributed by atoms with van der Waals surface area (Å²) in [7, 11) is 2.19. The van der Waals surface area contributed by atoms with Crippen LogP contribution in [-0.2, 0) is 23.3 Å². The first-order valence-electron chi connectivity index (χ1n) is 7.07. The van der Waals surface area contributed by atoms with Crippen molar-refractivity contribution in [3.8, 4) is 0 Å². The fourth-order valence-electron chi connectivity index (χ4n) is 3.06. The quantitative estimate of drug-likeness (QED) is 0.707. The molecule has 19 heavy (non-hydrogen) atoms. The standard InChI is InChI=1S/C17H23NO/c1-17(2,3)15-7-13-10-18(4)9-12-5-6-19-11-14(8-15)16(12)13/h5,7-8H,6,9-11H2,1-4H3. The zero-order valence-corrected chi connectivity index (χ0v) is 12.4. The van der Waals surface area contributed by atoms with E-state index in [1.165, 1.54) is 27.8 Å². The first kappa shape index (κ1) is 12.9. The molecule has 2 nitrogen and oxygen atoms in total. The number of ether oxygens (including phenoxy) is 1. The van der Waals surface area contributed by atoms with Crippen LogP contribution in [0.1, 0.15) is 43.0 Å².